The van der Waals surface area contributed by atoms with Gasteiger partial charge in [-0.2, -0.15) is 0 Å². The van der Waals surface area contributed by atoms with E-state index in [0.29, 0.717) is 29.4 Å². The normalized spacial score (nSPS) is 10.2. The molecule has 6 nitrogen and oxygen atoms in total. The molecule has 1 aromatic heterocycles. The van der Waals surface area contributed by atoms with Gasteiger partial charge in [0, 0.05) is 31.0 Å². The molecule has 0 radical (unpaired) electrons. The van der Waals surface area contributed by atoms with E-state index in [9.17, 15) is 4.79 Å². The van der Waals surface area contributed by atoms with Gasteiger partial charge in [0.25, 0.3) is 5.91 Å². The molecule has 6 heteroatoms. The van der Waals surface area contributed by atoms with Gasteiger partial charge in [0.2, 0.25) is 5.75 Å². The summed E-state index contributed by atoms with van der Waals surface area (Å²) in [4.78, 5) is 12.3. The van der Waals surface area contributed by atoms with E-state index in [1.54, 1.807) is 12.1 Å². The average molecular weight is 318 g/mol. The number of carbonyl (C=O) groups excluding carboxylic acids is 1. The number of benzene rings is 1. The Morgan fingerprint density at radius 2 is 1.65 bits per heavy atom. The van der Waals surface area contributed by atoms with Crippen LogP contribution < -0.4 is 19.5 Å². The van der Waals surface area contributed by atoms with Gasteiger partial charge in [0.05, 0.1) is 21.3 Å². The van der Waals surface area contributed by atoms with Crippen molar-refractivity contribution in [3.63, 3.8) is 0 Å². The minimum Gasteiger partial charge on any atom is -0.493 e. The van der Waals surface area contributed by atoms with Crippen LogP contribution in [0.15, 0.2) is 36.7 Å². The van der Waals surface area contributed by atoms with Crippen LogP contribution in [0.25, 0.3) is 0 Å². The van der Waals surface area contributed by atoms with Crippen molar-refractivity contribution in [2.75, 3.05) is 27.9 Å². The molecule has 0 atom stereocenters. The molecule has 124 valence electrons. The molecule has 1 heterocycles. The molecule has 0 spiro atoms. The Hall–Kier alpha value is -2.63. The van der Waals surface area contributed by atoms with Gasteiger partial charge < -0.3 is 24.1 Å². The van der Waals surface area contributed by atoms with Crippen LogP contribution in [0.4, 0.5) is 0 Å². The zero-order valence-corrected chi connectivity index (χ0v) is 13.7. The topological polar surface area (TPSA) is 61.7 Å². The molecule has 1 N–H and O–H groups in total. The summed E-state index contributed by atoms with van der Waals surface area (Å²) in [6, 6.07) is 7.24. The molecular weight excluding hydrogens is 296 g/mol. The maximum absolute atomic E-state index is 12.3. The Labute approximate surface area is 136 Å². The molecule has 0 aliphatic heterocycles. The molecule has 1 amide bonds. The number of nitrogens with one attached hydrogen (secondary N) is 1. The van der Waals surface area contributed by atoms with Gasteiger partial charge in [-0.05, 0) is 30.7 Å². The fourth-order valence-electron chi connectivity index (χ4n) is 2.30. The first kappa shape index (κ1) is 16.7. The molecule has 2 aromatic rings. The van der Waals surface area contributed by atoms with Gasteiger partial charge in [-0.15, -0.1) is 0 Å². The largest absolute Gasteiger partial charge is 0.493 e. The zero-order chi connectivity index (χ0) is 16.7. The fourth-order valence-corrected chi connectivity index (χ4v) is 2.30. The van der Waals surface area contributed by atoms with E-state index in [2.05, 4.69) is 9.88 Å². The number of rotatable bonds is 8. The molecule has 0 bridgehead atoms. The zero-order valence-electron chi connectivity index (χ0n) is 13.7. The molecule has 1 aromatic carbocycles. The van der Waals surface area contributed by atoms with E-state index in [1.165, 1.54) is 21.3 Å². The van der Waals surface area contributed by atoms with Crippen molar-refractivity contribution in [3.8, 4) is 17.2 Å². The summed E-state index contributed by atoms with van der Waals surface area (Å²) >= 11 is 0. The van der Waals surface area contributed by atoms with Crippen LogP contribution in [0.3, 0.4) is 0 Å². The number of hydrogen-bond donors (Lipinski definition) is 1. The Kier molecular flexibility index (Phi) is 5.91. The number of carbonyl (C=O) groups is 1. The van der Waals surface area contributed by atoms with E-state index >= 15 is 0 Å². The van der Waals surface area contributed by atoms with Crippen LogP contribution in [0.5, 0.6) is 17.2 Å². The van der Waals surface area contributed by atoms with E-state index < -0.39 is 0 Å². The standard InChI is InChI=1S/C17H22N2O4/c1-21-14-11-13(12-15(22-2)16(14)23-3)17(20)18-7-6-10-19-8-4-5-9-19/h4-5,8-9,11-12H,6-7,10H2,1-3H3,(H,18,20). The predicted octanol–water partition coefficient (Wildman–Crippen LogP) is 2.33. The molecule has 0 aliphatic rings. The highest BCUT2D eigenvalue weighted by Crippen LogP contribution is 2.38. The fraction of sp³-hybridized carbons (Fsp3) is 0.353. The average Bonchev–Trinajstić information content (AvgIpc) is 3.10. The first-order valence-corrected chi connectivity index (χ1v) is 7.38. The third-order valence-corrected chi connectivity index (χ3v) is 3.47. The van der Waals surface area contributed by atoms with Crippen LogP contribution in [-0.2, 0) is 6.54 Å². The summed E-state index contributed by atoms with van der Waals surface area (Å²) in [5.74, 6) is 1.23. The molecule has 2 rings (SSSR count). The lowest BCUT2D eigenvalue weighted by molar-refractivity contribution is 0.0952. The SMILES string of the molecule is COc1cc(C(=O)NCCCn2cccc2)cc(OC)c1OC. The summed E-state index contributed by atoms with van der Waals surface area (Å²) in [5.41, 5.74) is 0.473. The third-order valence-electron chi connectivity index (χ3n) is 3.47. The van der Waals surface area contributed by atoms with Crippen molar-refractivity contribution >= 4 is 5.91 Å². The van der Waals surface area contributed by atoms with E-state index in [0.717, 1.165) is 13.0 Å². The van der Waals surface area contributed by atoms with E-state index in [-0.39, 0.29) is 5.91 Å². The Balaban J connectivity index is 1.98. The first-order chi connectivity index (χ1) is 11.2. The van der Waals surface area contributed by atoms with Crippen molar-refractivity contribution in [2.24, 2.45) is 0 Å². The monoisotopic (exact) mass is 318 g/mol. The molecule has 0 aliphatic carbocycles. The predicted molar refractivity (Wildman–Crippen MR) is 87.5 cm³/mol. The lowest BCUT2D eigenvalue weighted by Gasteiger charge is -2.14. The van der Waals surface area contributed by atoms with Crippen LogP contribution in [0.2, 0.25) is 0 Å². The number of ether oxygens (including phenoxy) is 3. The lowest BCUT2D eigenvalue weighted by atomic mass is 10.1. The van der Waals surface area contributed by atoms with Crippen molar-refractivity contribution < 1.29 is 19.0 Å². The summed E-state index contributed by atoms with van der Waals surface area (Å²) in [6.45, 7) is 1.45. The van der Waals surface area contributed by atoms with Gasteiger partial charge in [-0.3, -0.25) is 4.79 Å². The van der Waals surface area contributed by atoms with Gasteiger partial charge in [0.15, 0.2) is 11.5 Å². The van der Waals surface area contributed by atoms with Crippen LogP contribution in [-0.4, -0.2) is 38.3 Å². The number of hydrogen-bond acceptors (Lipinski definition) is 4. The highest BCUT2D eigenvalue weighted by Gasteiger charge is 2.16. The second-order valence-electron chi connectivity index (χ2n) is 4.94. The maximum atomic E-state index is 12.3. The third kappa shape index (κ3) is 4.18. The van der Waals surface area contributed by atoms with E-state index in [4.69, 9.17) is 14.2 Å². The van der Waals surface area contributed by atoms with Crippen molar-refractivity contribution in [1.82, 2.24) is 9.88 Å². The van der Waals surface area contributed by atoms with Crippen LogP contribution in [0, 0.1) is 0 Å². The van der Waals surface area contributed by atoms with Crippen LogP contribution in [0.1, 0.15) is 16.8 Å². The highest BCUT2D eigenvalue weighted by molar-refractivity contribution is 5.95. The summed E-state index contributed by atoms with van der Waals surface area (Å²) in [5, 5.41) is 2.90. The molecule has 0 unspecified atom stereocenters. The molecule has 0 saturated carbocycles. The second kappa shape index (κ2) is 8.12. The van der Waals surface area contributed by atoms with Crippen molar-refractivity contribution in [2.45, 2.75) is 13.0 Å². The van der Waals surface area contributed by atoms with Gasteiger partial charge in [0.1, 0.15) is 0 Å². The van der Waals surface area contributed by atoms with Gasteiger partial charge >= 0.3 is 0 Å². The van der Waals surface area contributed by atoms with Crippen molar-refractivity contribution in [1.29, 1.82) is 0 Å². The highest BCUT2D eigenvalue weighted by atomic mass is 16.5. The van der Waals surface area contributed by atoms with E-state index in [1.807, 2.05) is 24.5 Å². The number of amides is 1. The molecule has 0 saturated heterocycles. The summed E-state index contributed by atoms with van der Waals surface area (Å²) in [6.07, 6.45) is 4.85. The second-order valence-corrected chi connectivity index (χ2v) is 4.94. The quantitative estimate of drug-likeness (QED) is 0.759. The number of aromatic nitrogens is 1. The number of aryl methyl sites for hydroxylation is 1. The Morgan fingerprint density at radius 3 is 2.17 bits per heavy atom. The maximum Gasteiger partial charge on any atom is 0.251 e. The van der Waals surface area contributed by atoms with Gasteiger partial charge in [-0.25, -0.2) is 0 Å². The first-order valence-electron chi connectivity index (χ1n) is 7.38. The summed E-state index contributed by atoms with van der Waals surface area (Å²) < 4.78 is 17.8. The number of nitrogens with zero attached hydrogens (tertiary/aromatic N) is 1. The Morgan fingerprint density at radius 1 is 1.04 bits per heavy atom. The molecule has 0 fully saturated rings. The van der Waals surface area contributed by atoms with Crippen LogP contribution >= 0.6 is 0 Å². The minimum absolute atomic E-state index is 0.170. The van der Waals surface area contributed by atoms with Crippen molar-refractivity contribution in [3.05, 3.63) is 42.2 Å². The Bertz CT molecular complexity index is 613. The molecule has 23 heavy (non-hydrogen) atoms. The lowest BCUT2D eigenvalue weighted by Crippen LogP contribution is -2.25. The number of methoxy groups -OCH3 is 3. The minimum atomic E-state index is -0.170. The smallest absolute Gasteiger partial charge is 0.251 e. The molecular formula is C17H22N2O4. The van der Waals surface area contributed by atoms with Gasteiger partial charge in [-0.1, -0.05) is 0 Å². The summed E-state index contributed by atoms with van der Waals surface area (Å²) in [7, 11) is 4.58.